The largest absolute Gasteiger partial charge is 0.372 e. The second-order valence-corrected chi connectivity index (χ2v) is 4.44. The Hall–Kier alpha value is -0.900. The topological polar surface area (TPSA) is 30.5 Å². The Bertz CT molecular complexity index is 403. The van der Waals surface area contributed by atoms with E-state index in [0.717, 1.165) is 32.8 Å². The molecule has 16 heavy (non-hydrogen) atoms. The van der Waals surface area contributed by atoms with Crippen molar-refractivity contribution < 1.29 is 9.47 Å². The molecule has 0 radical (unpaired) electrons. The summed E-state index contributed by atoms with van der Waals surface area (Å²) in [5.41, 5.74) is 5.54. The Kier molecular flexibility index (Phi) is 2.67. The summed E-state index contributed by atoms with van der Waals surface area (Å²) in [4.78, 5) is 0. The van der Waals surface area contributed by atoms with E-state index in [2.05, 4.69) is 17.4 Å². The molecule has 86 valence electrons. The smallest absolute Gasteiger partial charge is 0.0955 e. The van der Waals surface area contributed by atoms with Crippen molar-refractivity contribution in [1.29, 1.82) is 0 Å². The summed E-state index contributed by atoms with van der Waals surface area (Å²) in [6.45, 7) is 3.22. The maximum Gasteiger partial charge on any atom is 0.0955 e. The third-order valence-corrected chi connectivity index (χ3v) is 3.45. The molecule has 3 heteroatoms. The number of nitrogens with one attached hydrogen (secondary N) is 1. The molecule has 2 heterocycles. The van der Waals surface area contributed by atoms with Gasteiger partial charge in [0.1, 0.15) is 0 Å². The third kappa shape index (κ3) is 1.56. The van der Waals surface area contributed by atoms with Gasteiger partial charge in [-0.25, -0.2) is 0 Å². The number of hydrogen-bond acceptors (Lipinski definition) is 3. The monoisotopic (exact) mass is 219 g/mol. The van der Waals surface area contributed by atoms with Crippen LogP contribution in [0.3, 0.4) is 0 Å². The zero-order valence-corrected chi connectivity index (χ0v) is 9.58. The summed E-state index contributed by atoms with van der Waals surface area (Å²) in [6, 6.07) is 4.46. The molecule has 2 aliphatic heterocycles. The number of hydrogen-bond donors (Lipinski definition) is 1. The minimum atomic E-state index is 0.199. The highest BCUT2D eigenvalue weighted by atomic mass is 16.5. The number of rotatable bonds is 2. The minimum absolute atomic E-state index is 0.199. The molecule has 0 bridgehead atoms. The molecule has 1 atom stereocenters. The average Bonchev–Trinajstić information content (AvgIpc) is 2.77. The van der Waals surface area contributed by atoms with Crippen molar-refractivity contribution in [2.24, 2.45) is 0 Å². The molecule has 0 aliphatic carbocycles. The second-order valence-electron chi connectivity index (χ2n) is 4.44. The first-order valence-electron chi connectivity index (χ1n) is 5.87. The first-order chi connectivity index (χ1) is 7.90. The molecular weight excluding hydrogens is 202 g/mol. The van der Waals surface area contributed by atoms with Gasteiger partial charge in [-0.05, 0) is 35.7 Å². The lowest BCUT2D eigenvalue weighted by molar-refractivity contribution is 0.0421. The van der Waals surface area contributed by atoms with Crippen molar-refractivity contribution in [1.82, 2.24) is 5.32 Å². The van der Waals surface area contributed by atoms with Gasteiger partial charge in [-0.2, -0.15) is 0 Å². The van der Waals surface area contributed by atoms with Crippen LogP contribution in [0.25, 0.3) is 0 Å². The summed E-state index contributed by atoms with van der Waals surface area (Å²) >= 11 is 0. The van der Waals surface area contributed by atoms with Crippen molar-refractivity contribution in [3.63, 3.8) is 0 Å². The highest BCUT2D eigenvalue weighted by Gasteiger charge is 2.27. The lowest BCUT2D eigenvalue weighted by atomic mass is 9.90. The molecule has 0 saturated heterocycles. The third-order valence-electron chi connectivity index (χ3n) is 3.45. The molecule has 0 saturated carbocycles. The molecule has 0 aromatic heterocycles. The summed E-state index contributed by atoms with van der Waals surface area (Å²) in [5.74, 6) is 0. The van der Waals surface area contributed by atoms with Crippen LogP contribution >= 0.6 is 0 Å². The van der Waals surface area contributed by atoms with Gasteiger partial charge in [-0.1, -0.05) is 12.1 Å². The molecule has 3 nitrogen and oxygen atoms in total. The Morgan fingerprint density at radius 3 is 3.06 bits per heavy atom. The number of benzene rings is 1. The SMILES string of the molecule is CNCC1OCCc2ccc3c(c21)COC3. The normalized spacial score (nSPS) is 22.9. The Morgan fingerprint density at radius 2 is 2.19 bits per heavy atom. The van der Waals surface area contributed by atoms with Crippen molar-refractivity contribution in [2.75, 3.05) is 20.2 Å². The maximum absolute atomic E-state index is 5.85. The lowest BCUT2D eigenvalue weighted by Crippen LogP contribution is -2.26. The quantitative estimate of drug-likeness (QED) is 0.818. The van der Waals surface area contributed by atoms with Gasteiger partial charge in [-0.3, -0.25) is 0 Å². The van der Waals surface area contributed by atoms with E-state index in [0.29, 0.717) is 0 Å². The van der Waals surface area contributed by atoms with Crippen LogP contribution in [0.5, 0.6) is 0 Å². The first kappa shape index (κ1) is 10.3. The molecule has 1 aromatic rings. The van der Waals surface area contributed by atoms with Gasteiger partial charge < -0.3 is 14.8 Å². The minimum Gasteiger partial charge on any atom is -0.372 e. The Balaban J connectivity index is 2.06. The molecular formula is C13H17NO2. The van der Waals surface area contributed by atoms with Gasteiger partial charge in [0, 0.05) is 6.54 Å². The Labute approximate surface area is 95.8 Å². The van der Waals surface area contributed by atoms with Gasteiger partial charge >= 0.3 is 0 Å². The summed E-state index contributed by atoms with van der Waals surface area (Å²) in [6.07, 6.45) is 1.23. The van der Waals surface area contributed by atoms with Gasteiger partial charge in [0.25, 0.3) is 0 Å². The molecule has 1 N–H and O–H groups in total. The van der Waals surface area contributed by atoms with E-state index in [4.69, 9.17) is 9.47 Å². The van der Waals surface area contributed by atoms with E-state index in [1.54, 1.807) is 0 Å². The predicted molar refractivity (Wildman–Crippen MR) is 61.3 cm³/mol. The molecule has 1 unspecified atom stereocenters. The molecule has 2 aliphatic rings. The van der Waals surface area contributed by atoms with E-state index in [9.17, 15) is 0 Å². The van der Waals surface area contributed by atoms with Crippen molar-refractivity contribution >= 4 is 0 Å². The highest BCUT2D eigenvalue weighted by molar-refractivity contribution is 5.44. The standard InChI is InChI=1S/C13H17NO2/c1-14-6-12-13-9(4-5-16-12)2-3-10-7-15-8-11(10)13/h2-3,12,14H,4-8H2,1H3. The van der Waals surface area contributed by atoms with Crippen LogP contribution < -0.4 is 5.32 Å². The number of fused-ring (bicyclic) bond motifs is 3. The summed E-state index contributed by atoms with van der Waals surface area (Å²) in [7, 11) is 1.97. The molecule has 3 rings (SSSR count). The van der Waals surface area contributed by atoms with E-state index in [1.165, 1.54) is 22.3 Å². The fraction of sp³-hybridized carbons (Fsp3) is 0.538. The van der Waals surface area contributed by atoms with Crippen LogP contribution in [0.4, 0.5) is 0 Å². The molecule has 0 amide bonds. The van der Waals surface area contributed by atoms with Gasteiger partial charge in [0.15, 0.2) is 0 Å². The van der Waals surface area contributed by atoms with Gasteiger partial charge in [-0.15, -0.1) is 0 Å². The summed E-state index contributed by atoms with van der Waals surface area (Å²) in [5, 5.41) is 3.20. The second kappa shape index (κ2) is 4.17. The first-order valence-corrected chi connectivity index (χ1v) is 5.87. The zero-order chi connectivity index (χ0) is 11.0. The fourth-order valence-electron chi connectivity index (χ4n) is 2.69. The van der Waals surface area contributed by atoms with Crippen LogP contribution in [-0.4, -0.2) is 20.2 Å². The average molecular weight is 219 g/mol. The fourth-order valence-corrected chi connectivity index (χ4v) is 2.69. The van der Waals surface area contributed by atoms with E-state index < -0.39 is 0 Å². The van der Waals surface area contributed by atoms with Crippen molar-refractivity contribution in [2.45, 2.75) is 25.7 Å². The van der Waals surface area contributed by atoms with Crippen LogP contribution in [0.15, 0.2) is 12.1 Å². The predicted octanol–water partition coefficient (Wildman–Crippen LogP) is 1.55. The van der Waals surface area contributed by atoms with Crippen molar-refractivity contribution in [3.8, 4) is 0 Å². The van der Waals surface area contributed by atoms with E-state index >= 15 is 0 Å². The molecule has 0 spiro atoms. The van der Waals surface area contributed by atoms with Crippen LogP contribution in [0, 0.1) is 0 Å². The molecule has 1 aromatic carbocycles. The Morgan fingerprint density at radius 1 is 1.31 bits per heavy atom. The maximum atomic E-state index is 5.85. The van der Waals surface area contributed by atoms with E-state index in [1.807, 2.05) is 7.05 Å². The number of likely N-dealkylation sites (N-methyl/N-ethyl adjacent to an activating group) is 1. The molecule has 0 fully saturated rings. The number of ether oxygens (including phenoxy) is 2. The van der Waals surface area contributed by atoms with E-state index in [-0.39, 0.29) is 6.10 Å². The van der Waals surface area contributed by atoms with Crippen molar-refractivity contribution in [3.05, 3.63) is 34.4 Å². The van der Waals surface area contributed by atoms with Gasteiger partial charge in [0.05, 0.1) is 25.9 Å². The zero-order valence-electron chi connectivity index (χ0n) is 9.58. The van der Waals surface area contributed by atoms with Gasteiger partial charge in [0.2, 0.25) is 0 Å². The lowest BCUT2D eigenvalue weighted by Gasteiger charge is -2.28. The van der Waals surface area contributed by atoms with Crippen LogP contribution in [0.2, 0.25) is 0 Å². The summed E-state index contributed by atoms with van der Waals surface area (Å²) < 4.78 is 11.4. The van der Waals surface area contributed by atoms with Crippen LogP contribution in [-0.2, 0) is 29.1 Å². The highest BCUT2D eigenvalue weighted by Crippen LogP contribution is 2.35. The van der Waals surface area contributed by atoms with Crippen LogP contribution in [0.1, 0.15) is 28.4 Å².